The summed E-state index contributed by atoms with van der Waals surface area (Å²) in [7, 11) is -3.84. The predicted molar refractivity (Wildman–Crippen MR) is 101 cm³/mol. The summed E-state index contributed by atoms with van der Waals surface area (Å²) in [6.07, 6.45) is 1.64. The summed E-state index contributed by atoms with van der Waals surface area (Å²) in [5.41, 5.74) is 1.61. The number of carbonyl (C=O) groups excluding carboxylic acids is 1. The number of aromatic nitrogens is 1. The number of hydrogen-bond acceptors (Lipinski definition) is 4. The van der Waals surface area contributed by atoms with Crippen molar-refractivity contribution in [3.63, 3.8) is 0 Å². The second-order valence-corrected chi connectivity index (χ2v) is 7.49. The quantitative estimate of drug-likeness (QED) is 0.703. The maximum absolute atomic E-state index is 12.9. The van der Waals surface area contributed by atoms with E-state index in [-0.39, 0.29) is 16.5 Å². The lowest BCUT2D eigenvalue weighted by molar-refractivity contribution is 0.102. The van der Waals surface area contributed by atoms with E-state index in [1.165, 1.54) is 36.4 Å². The minimum absolute atomic E-state index is 0.0591. The molecular weight excluding hydrogens is 369 g/mol. The Kier molecular flexibility index (Phi) is 5.18. The van der Waals surface area contributed by atoms with Crippen molar-refractivity contribution in [2.75, 3.05) is 10.0 Å². The number of rotatable bonds is 5. The van der Waals surface area contributed by atoms with Crippen molar-refractivity contribution in [3.05, 3.63) is 83.8 Å². The smallest absolute Gasteiger partial charge is 0.261 e. The molecule has 1 aromatic heterocycles. The second kappa shape index (κ2) is 7.55. The first-order valence-electron chi connectivity index (χ1n) is 7.96. The molecule has 27 heavy (non-hydrogen) atoms. The fourth-order valence-corrected chi connectivity index (χ4v) is 3.31. The number of carbonyl (C=O) groups is 1. The number of nitrogens with zero attached hydrogens (tertiary/aromatic N) is 1. The third-order valence-corrected chi connectivity index (χ3v) is 5.07. The van der Waals surface area contributed by atoms with Crippen molar-refractivity contribution in [2.45, 2.75) is 11.8 Å². The molecule has 0 saturated carbocycles. The maximum Gasteiger partial charge on any atom is 0.261 e. The van der Waals surface area contributed by atoms with Crippen molar-refractivity contribution in [2.24, 2.45) is 0 Å². The van der Waals surface area contributed by atoms with Crippen molar-refractivity contribution in [3.8, 4) is 0 Å². The summed E-state index contributed by atoms with van der Waals surface area (Å²) in [5, 5.41) is 2.66. The van der Waals surface area contributed by atoms with Gasteiger partial charge in [0.05, 0.1) is 4.90 Å². The molecule has 0 saturated heterocycles. The molecule has 0 aliphatic heterocycles. The third-order valence-electron chi connectivity index (χ3n) is 3.68. The lowest BCUT2D eigenvalue weighted by atomic mass is 10.2. The molecule has 0 radical (unpaired) electrons. The minimum atomic E-state index is -3.84. The zero-order chi connectivity index (χ0) is 19.4. The fraction of sp³-hybridized carbons (Fsp3) is 0.0526. The van der Waals surface area contributed by atoms with Gasteiger partial charge >= 0.3 is 0 Å². The number of sulfonamides is 1. The highest BCUT2D eigenvalue weighted by atomic mass is 32.2. The van der Waals surface area contributed by atoms with Gasteiger partial charge in [0.15, 0.2) is 0 Å². The molecule has 0 unspecified atom stereocenters. The lowest BCUT2D eigenvalue weighted by Crippen LogP contribution is -2.14. The first-order chi connectivity index (χ1) is 12.8. The Labute approximate surface area is 156 Å². The van der Waals surface area contributed by atoms with Crippen LogP contribution in [0.2, 0.25) is 0 Å². The van der Waals surface area contributed by atoms with Crippen LogP contribution < -0.4 is 10.0 Å². The number of pyridine rings is 1. The number of halogens is 1. The van der Waals surface area contributed by atoms with E-state index in [0.29, 0.717) is 11.4 Å². The van der Waals surface area contributed by atoms with Crippen molar-refractivity contribution in [1.82, 2.24) is 4.98 Å². The van der Waals surface area contributed by atoms with E-state index < -0.39 is 15.8 Å². The van der Waals surface area contributed by atoms with Gasteiger partial charge in [-0.15, -0.1) is 0 Å². The van der Waals surface area contributed by atoms with Crippen LogP contribution in [0.15, 0.2) is 71.8 Å². The predicted octanol–water partition coefficient (Wildman–Crippen LogP) is 3.58. The zero-order valence-electron chi connectivity index (χ0n) is 14.3. The summed E-state index contributed by atoms with van der Waals surface area (Å²) >= 11 is 0. The summed E-state index contributed by atoms with van der Waals surface area (Å²) in [6.45, 7) is 1.89. The molecular formula is C19H16FN3O3S. The number of nitrogens with one attached hydrogen (secondary N) is 2. The SMILES string of the molecule is Cc1ccc(NC(=O)c2ccc(NS(=O)(=O)c3ccc(F)cc3)cc2)nc1. The summed E-state index contributed by atoms with van der Waals surface area (Å²) in [6, 6.07) is 13.9. The summed E-state index contributed by atoms with van der Waals surface area (Å²) in [5.74, 6) is -0.460. The topological polar surface area (TPSA) is 88.2 Å². The fourth-order valence-electron chi connectivity index (χ4n) is 2.25. The normalized spacial score (nSPS) is 11.0. The number of anilines is 2. The van der Waals surface area contributed by atoms with Crippen molar-refractivity contribution < 1.29 is 17.6 Å². The first kappa shape index (κ1) is 18.5. The molecule has 1 amide bonds. The first-order valence-corrected chi connectivity index (χ1v) is 9.44. The molecule has 0 fully saturated rings. The van der Waals surface area contributed by atoms with Crippen LogP contribution in [-0.2, 0) is 10.0 Å². The molecule has 0 spiro atoms. The van der Waals surface area contributed by atoms with Crippen LogP contribution >= 0.6 is 0 Å². The molecule has 2 aromatic carbocycles. The Morgan fingerprint density at radius 2 is 1.63 bits per heavy atom. The van der Waals surface area contributed by atoms with E-state index in [2.05, 4.69) is 15.0 Å². The molecule has 0 bridgehead atoms. The van der Waals surface area contributed by atoms with Crippen molar-refractivity contribution >= 4 is 27.4 Å². The van der Waals surface area contributed by atoms with Crippen LogP contribution in [0.5, 0.6) is 0 Å². The minimum Gasteiger partial charge on any atom is -0.307 e. The Morgan fingerprint density at radius 3 is 2.22 bits per heavy atom. The van der Waals surface area contributed by atoms with Crippen molar-refractivity contribution in [1.29, 1.82) is 0 Å². The van der Waals surface area contributed by atoms with Crippen LogP contribution in [0.25, 0.3) is 0 Å². The third kappa shape index (κ3) is 4.68. The van der Waals surface area contributed by atoms with E-state index >= 15 is 0 Å². The summed E-state index contributed by atoms with van der Waals surface area (Å²) in [4.78, 5) is 16.3. The maximum atomic E-state index is 12.9. The molecule has 1 heterocycles. The summed E-state index contributed by atoms with van der Waals surface area (Å²) < 4.78 is 39.9. The highest BCUT2D eigenvalue weighted by Crippen LogP contribution is 2.17. The molecule has 0 atom stereocenters. The standard InChI is InChI=1S/C19H16FN3O3S/c1-13-2-11-18(21-12-13)22-19(24)14-3-7-16(8-4-14)23-27(25,26)17-9-5-15(20)6-10-17/h2-12,23H,1H3,(H,21,22,24). The van der Waals surface area contributed by atoms with Crippen LogP contribution in [-0.4, -0.2) is 19.3 Å². The number of benzene rings is 2. The molecule has 6 nitrogen and oxygen atoms in total. The van der Waals surface area contributed by atoms with Gasteiger partial charge in [-0.25, -0.2) is 17.8 Å². The van der Waals surface area contributed by atoms with Gasteiger partial charge in [0.1, 0.15) is 11.6 Å². The van der Waals surface area contributed by atoms with Gasteiger partial charge in [-0.3, -0.25) is 9.52 Å². The Morgan fingerprint density at radius 1 is 0.963 bits per heavy atom. The number of amides is 1. The van der Waals surface area contributed by atoms with Gasteiger partial charge in [-0.05, 0) is 67.1 Å². The van der Waals surface area contributed by atoms with Gasteiger partial charge < -0.3 is 5.32 Å². The average molecular weight is 385 g/mol. The Balaban J connectivity index is 1.70. The van der Waals surface area contributed by atoms with Gasteiger partial charge in [-0.2, -0.15) is 0 Å². The van der Waals surface area contributed by atoms with Gasteiger partial charge in [0.2, 0.25) is 0 Å². The van der Waals surface area contributed by atoms with Gasteiger partial charge in [0, 0.05) is 17.4 Å². The van der Waals surface area contributed by atoms with E-state index in [0.717, 1.165) is 17.7 Å². The zero-order valence-corrected chi connectivity index (χ0v) is 15.1. The van der Waals surface area contributed by atoms with E-state index in [9.17, 15) is 17.6 Å². The molecule has 0 aliphatic rings. The van der Waals surface area contributed by atoms with Gasteiger partial charge in [-0.1, -0.05) is 6.07 Å². The van der Waals surface area contributed by atoms with Crippen LogP contribution in [0.4, 0.5) is 15.9 Å². The molecule has 2 N–H and O–H groups in total. The van der Waals surface area contributed by atoms with Crippen LogP contribution in [0.1, 0.15) is 15.9 Å². The van der Waals surface area contributed by atoms with Gasteiger partial charge in [0.25, 0.3) is 15.9 Å². The van der Waals surface area contributed by atoms with Crippen LogP contribution in [0.3, 0.4) is 0 Å². The molecule has 0 aliphatic carbocycles. The molecule has 8 heteroatoms. The molecule has 3 rings (SSSR count). The highest BCUT2D eigenvalue weighted by molar-refractivity contribution is 7.92. The monoisotopic (exact) mass is 385 g/mol. The van der Waals surface area contributed by atoms with Crippen LogP contribution in [0, 0.1) is 12.7 Å². The average Bonchev–Trinajstić information content (AvgIpc) is 2.64. The highest BCUT2D eigenvalue weighted by Gasteiger charge is 2.14. The van der Waals surface area contributed by atoms with E-state index in [4.69, 9.17) is 0 Å². The van der Waals surface area contributed by atoms with E-state index in [1.54, 1.807) is 12.3 Å². The Hall–Kier alpha value is -3.26. The number of hydrogen-bond donors (Lipinski definition) is 2. The second-order valence-electron chi connectivity index (χ2n) is 5.81. The number of aryl methyl sites for hydroxylation is 1. The molecule has 3 aromatic rings. The van der Waals surface area contributed by atoms with E-state index in [1.807, 2.05) is 13.0 Å². The molecule has 138 valence electrons. The lowest BCUT2D eigenvalue weighted by Gasteiger charge is -2.09. The Bertz CT molecular complexity index is 1050. The largest absolute Gasteiger partial charge is 0.307 e.